The topological polar surface area (TPSA) is 75.6 Å². The molecule has 1 aliphatic heterocycles. The molecule has 1 heterocycles. The first-order valence-corrected chi connectivity index (χ1v) is 7.94. The molecule has 0 fully saturated rings. The molecule has 0 radical (unpaired) electrons. The molecule has 5 nitrogen and oxygen atoms in total. The van der Waals surface area contributed by atoms with Gasteiger partial charge in [0, 0.05) is 19.1 Å². The summed E-state index contributed by atoms with van der Waals surface area (Å²) in [4.78, 5) is 0.258. The van der Waals surface area contributed by atoms with Crippen LogP contribution in [0.4, 0.5) is 0 Å². The van der Waals surface area contributed by atoms with Crippen LogP contribution in [-0.2, 0) is 16.4 Å². The van der Waals surface area contributed by atoms with Crippen molar-refractivity contribution in [1.82, 2.24) is 4.72 Å². The van der Waals surface area contributed by atoms with Crippen molar-refractivity contribution in [2.75, 3.05) is 13.2 Å². The Balaban J connectivity index is 2.19. The van der Waals surface area contributed by atoms with Crippen LogP contribution in [0.5, 0.6) is 5.75 Å². The number of benzene rings is 1. The largest absolute Gasteiger partial charge is 0.493 e. The van der Waals surface area contributed by atoms with Gasteiger partial charge in [0.2, 0.25) is 10.0 Å². The highest BCUT2D eigenvalue weighted by molar-refractivity contribution is 7.89. The molecule has 0 bridgehead atoms. The van der Waals surface area contributed by atoms with Crippen LogP contribution in [0.3, 0.4) is 0 Å². The van der Waals surface area contributed by atoms with Gasteiger partial charge in [0.15, 0.2) is 0 Å². The van der Waals surface area contributed by atoms with E-state index in [1.165, 1.54) is 0 Å². The minimum Gasteiger partial charge on any atom is -0.493 e. The Kier molecular flexibility index (Phi) is 4.44. The molecule has 2 rings (SSSR count). The van der Waals surface area contributed by atoms with Gasteiger partial charge in [-0.3, -0.25) is 0 Å². The van der Waals surface area contributed by atoms with Gasteiger partial charge in [-0.1, -0.05) is 6.92 Å². The van der Waals surface area contributed by atoms with Crippen LogP contribution >= 0.6 is 0 Å². The summed E-state index contributed by atoms with van der Waals surface area (Å²) >= 11 is 0. The van der Waals surface area contributed by atoms with Crippen molar-refractivity contribution in [2.45, 2.75) is 37.1 Å². The summed E-state index contributed by atoms with van der Waals surface area (Å²) in [5.74, 6) is 0.765. The first-order valence-electron chi connectivity index (χ1n) is 6.45. The average molecular weight is 285 g/mol. The lowest BCUT2D eigenvalue weighted by Gasteiger charge is -2.16. The number of aliphatic hydroxyl groups is 1. The van der Waals surface area contributed by atoms with Crippen molar-refractivity contribution in [3.8, 4) is 5.75 Å². The molecule has 0 amide bonds. The number of nitrogens with one attached hydrogen (secondary N) is 1. The number of hydrogen-bond donors (Lipinski definition) is 2. The predicted octanol–water partition coefficient (Wildman–Crippen LogP) is 1.06. The van der Waals surface area contributed by atoms with Crippen molar-refractivity contribution in [1.29, 1.82) is 0 Å². The maximum atomic E-state index is 12.2. The van der Waals surface area contributed by atoms with Crippen LogP contribution < -0.4 is 9.46 Å². The fourth-order valence-corrected chi connectivity index (χ4v) is 3.52. The molecule has 0 saturated carbocycles. The van der Waals surface area contributed by atoms with Gasteiger partial charge >= 0.3 is 0 Å². The molecule has 106 valence electrons. The van der Waals surface area contributed by atoms with Crippen molar-refractivity contribution in [3.63, 3.8) is 0 Å². The van der Waals surface area contributed by atoms with Gasteiger partial charge in [-0.15, -0.1) is 0 Å². The van der Waals surface area contributed by atoms with Gasteiger partial charge in [0.1, 0.15) is 5.75 Å². The van der Waals surface area contributed by atoms with Gasteiger partial charge in [0.05, 0.1) is 11.5 Å². The second-order valence-electron chi connectivity index (χ2n) is 4.61. The van der Waals surface area contributed by atoms with Crippen molar-refractivity contribution < 1.29 is 18.3 Å². The Morgan fingerprint density at radius 1 is 1.47 bits per heavy atom. The highest BCUT2D eigenvalue weighted by Crippen LogP contribution is 2.27. The molecule has 0 spiro atoms. The van der Waals surface area contributed by atoms with Gasteiger partial charge in [-0.2, -0.15) is 0 Å². The Hall–Kier alpha value is -1.11. The van der Waals surface area contributed by atoms with E-state index in [2.05, 4.69) is 4.72 Å². The van der Waals surface area contributed by atoms with E-state index in [0.29, 0.717) is 19.4 Å². The van der Waals surface area contributed by atoms with E-state index in [9.17, 15) is 8.42 Å². The number of ether oxygens (including phenoxy) is 1. The van der Waals surface area contributed by atoms with Gasteiger partial charge < -0.3 is 9.84 Å². The fraction of sp³-hybridized carbons (Fsp3) is 0.538. The maximum Gasteiger partial charge on any atom is 0.240 e. The molecule has 0 saturated heterocycles. The van der Waals surface area contributed by atoms with Crippen LogP contribution in [-0.4, -0.2) is 32.8 Å². The van der Waals surface area contributed by atoms with Crippen molar-refractivity contribution in [3.05, 3.63) is 23.8 Å². The third-order valence-electron chi connectivity index (χ3n) is 3.26. The molecule has 0 aliphatic carbocycles. The molecule has 0 aromatic heterocycles. The summed E-state index contributed by atoms with van der Waals surface area (Å²) in [7, 11) is -3.53. The zero-order valence-corrected chi connectivity index (χ0v) is 11.7. The summed E-state index contributed by atoms with van der Waals surface area (Å²) in [5, 5.41) is 8.91. The molecule has 1 unspecified atom stereocenters. The van der Waals surface area contributed by atoms with E-state index >= 15 is 0 Å². The Morgan fingerprint density at radius 2 is 2.26 bits per heavy atom. The number of rotatable bonds is 6. The van der Waals surface area contributed by atoms with Crippen molar-refractivity contribution >= 4 is 10.0 Å². The molecule has 1 aliphatic rings. The monoisotopic (exact) mass is 285 g/mol. The lowest BCUT2D eigenvalue weighted by molar-refractivity contribution is 0.270. The van der Waals surface area contributed by atoms with Crippen LogP contribution in [0.15, 0.2) is 23.1 Å². The molecule has 1 atom stereocenters. The van der Waals surface area contributed by atoms with Crippen LogP contribution in [0, 0.1) is 0 Å². The molecule has 1 aromatic rings. The Labute approximate surface area is 113 Å². The van der Waals surface area contributed by atoms with Crippen LogP contribution in [0.2, 0.25) is 0 Å². The summed E-state index contributed by atoms with van der Waals surface area (Å²) in [6.07, 6.45) is 1.81. The van der Waals surface area contributed by atoms with Gasteiger partial charge in [-0.05, 0) is 36.6 Å². The molecular weight excluding hydrogens is 266 g/mol. The summed E-state index contributed by atoms with van der Waals surface area (Å²) in [6, 6.07) is 4.68. The third-order valence-corrected chi connectivity index (χ3v) is 4.78. The van der Waals surface area contributed by atoms with Gasteiger partial charge in [0.25, 0.3) is 0 Å². The van der Waals surface area contributed by atoms with E-state index in [4.69, 9.17) is 9.84 Å². The first kappa shape index (κ1) is 14.3. The molecule has 1 aromatic carbocycles. The van der Waals surface area contributed by atoms with E-state index in [-0.39, 0.29) is 17.5 Å². The van der Waals surface area contributed by atoms with Gasteiger partial charge in [-0.25, -0.2) is 13.1 Å². The first-order chi connectivity index (χ1) is 9.06. The van der Waals surface area contributed by atoms with Crippen molar-refractivity contribution in [2.24, 2.45) is 0 Å². The lowest BCUT2D eigenvalue weighted by Crippen LogP contribution is -2.35. The maximum absolute atomic E-state index is 12.2. The Bertz CT molecular complexity index is 542. The summed E-state index contributed by atoms with van der Waals surface area (Å²) in [6.45, 7) is 2.47. The zero-order chi connectivity index (χ0) is 13.9. The number of fused-ring (bicyclic) bond motifs is 1. The fourth-order valence-electron chi connectivity index (χ4n) is 2.12. The molecular formula is C13H19NO4S. The average Bonchev–Trinajstić information content (AvgIpc) is 2.85. The zero-order valence-electron chi connectivity index (χ0n) is 10.9. The Morgan fingerprint density at radius 3 is 2.95 bits per heavy atom. The van der Waals surface area contributed by atoms with Crippen LogP contribution in [0.1, 0.15) is 25.3 Å². The standard InChI is InChI=1S/C13H19NO4S/c1-2-11(5-7-15)14-19(16,17)12-3-4-13-10(9-12)6-8-18-13/h3-4,9,11,14-15H,2,5-8H2,1H3. The third kappa shape index (κ3) is 3.26. The number of aliphatic hydroxyl groups excluding tert-OH is 1. The van der Waals surface area contributed by atoms with E-state index < -0.39 is 10.0 Å². The summed E-state index contributed by atoms with van der Waals surface area (Å²) < 4.78 is 32.5. The normalized spacial score (nSPS) is 15.9. The smallest absolute Gasteiger partial charge is 0.240 e. The lowest BCUT2D eigenvalue weighted by atomic mass is 10.2. The minimum absolute atomic E-state index is 0.0287. The van der Waals surface area contributed by atoms with E-state index in [1.807, 2.05) is 6.92 Å². The molecule has 19 heavy (non-hydrogen) atoms. The summed E-state index contributed by atoms with van der Waals surface area (Å²) in [5.41, 5.74) is 0.929. The number of hydrogen-bond acceptors (Lipinski definition) is 4. The highest BCUT2D eigenvalue weighted by Gasteiger charge is 2.21. The molecule has 6 heteroatoms. The highest BCUT2D eigenvalue weighted by atomic mass is 32.2. The number of sulfonamides is 1. The second kappa shape index (κ2) is 5.90. The van der Waals surface area contributed by atoms with E-state index in [1.54, 1.807) is 18.2 Å². The van der Waals surface area contributed by atoms with E-state index in [0.717, 1.165) is 17.7 Å². The molecule has 2 N–H and O–H groups in total. The predicted molar refractivity (Wildman–Crippen MR) is 71.7 cm³/mol. The SMILES string of the molecule is CCC(CCO)NS(=O)(=O)c1ccc2c(c1)CCO2. The second-order valence-corrected chi connectivity index (χ2v) is 6.32. The quantitative estimate of drug-likeness (QED) is 0.819. The minimum atomic E-state index is -3.53. The van der Waals surface area contributed by atoms with Crippen LogP contribution in [0.25, 0.3) is 0 Å².